The van der Waals surface area contributed by atoms with Crippen LogP contribution in [0.2, 0.25) is 0 Å². The summed E-state index contributed by atoms with van der Waals surface area (Å²) in [6, 6.07) is 1.66. The summed E-state index contributed by atoms with van der Waals surface area (Å²) in [6.07, 6.45) is 1.07. The quantitative estimate of drug-likeness (QED) is 0.379. The number of hydrogen-bond acceptors (Lipinski definition) is 3. The van der Waals surface area contributed by atoms with Gasteiger partial charge in [0.05, 0.1) is 12.1 Å². The van der Waals surface area contributed by atoms with Gasteiger partial charge in [0.1, 0.15) is 5.82 Å². The number of rotatable bonds is 0. The van der Waals surface area contributed by atoms with Crippen LogP contribution >= 0.6 is 0 Å². The van der Waals surface area contributed by atoms with E-state index in [1.54, 1.807) is 6.07 Å². The predicted octanol–water partition coefficient (Wildman–Crippen LogP) is -0.731. The monoisotopic (exact) mass is 83.0 g/mol. The lowest BCUT2D eigenvalue weighted by molar-refractivity contribution is 1.25. The first-order valence-corrected chi connectivity index (χ1v) is 1.38. The summed E-state index contributed by atoms with van der Waals surface area (Å²) in [7, 11) is 0. The van der Waals surface area contributed by atoms with Crippen LogP contribution in [0.4, 0.5) is 0 Å². The second kappa shape index (κ2) is 2.09. The highest BCUT2D eigenvalue weighted by atomic mass is 14.8. The van der Waals surface area contributed by atoms with Crippen molar-refractivity contribution in [2.45, 2.75) is 0 Å². The summed E-state index contributed by atoms with van der Waals surface area (Å²) in [4.78, 5) is 0. The third-order valence-electron chi connectivity index (χ3n) is 0.231. The summed E-state index contributed by atoms with van der Waals surface area (Å²) in [6.45, 7) is 0. The fraction of sp³-hybridized carbons (Fsp3) is 0. The summed E-state index contributed by atoms with van der Waals surface area (Å²) in [5.74, 6) is 0.0532. The normalized spacial score (nSPS) is 5.83. The minimum Gasteiger partial charge on any atom is -0.385 e. The van der Waals surface area contributed by atoms with Gasteiger partial charge in [-0.05, 0) is 0 Å². The lowest BCUT2D eigenvalue weighted by Gasteiger charge is -1.76. The molecule has 0 bridgehead atoms. The molecule has 0 radical (unpaired) electrons. The molecule has 0 rings (SSSR count). The van der Waals surface area contributed by atoms with Gasteiger partial charge in [0.15, 0.2) is 0 Å². The van der Waals surface area contributed by atoms with Crippen molar-refractivity contribution < 1.29 is 0 Å². The number of allylic oxidation sites excluding steroid dienone is 1. The molecule has 0 aliphatic heterocycles. The van der Waals surface area contributed by atoms with Crippen LogP contribution in [0.1, 0.15) is 0 Å². The van der Waals surface area contributed by atoms with E-state index in [2.05, 4.69) is 0 Å². The van der Waals surface area contributed by atoms with Crippen LogP contribution in [-0.4, -0.2) is 0 Å². The lowest BCUT2D eigenvalue weighted by Crippen LogP contribution is -2.06. The van der Waals surface area contributed by atoms with Crippen LogP contribution in [-0.2, 0) is 0 Å². The van der Waals surface area contributed by atoms with Crippen molar-refractivity contribution in [2.24, 2.45) is 11.5 Å². The summed E-state index contributed by atoms with van der Waals surface area (Å²) < 4.78 is 0. The first-order chi connectivity index (χ1) is 2.77. The van der Waals surface area contributed by atoms with E-state index in [0.29, 0.717) is 0 Å². The molecule has 0 heterocycles. The van der Waals surface area contributed by atoms with Crippen LogP contribution in [0.15, 0.2) is 11.9 Å². The Morgan fingerprint density at radius 2 is 2.17 bits per heavy atom. The van der Waals surface area contributed by atoms with Gasteiger partial charge in [-0.15, -0.1) is 0 Å². The summed E-state index contributed by atoms with van der Waals surface area (Å²) in [5, 5.41) is 7.75. The van der Waals surface area contributed by atoms with Crippen molar-refractivity contribution in [1.82, 2.24) is 0 Å². The Morgan fingerprint density at radius 3 is 2.17 bits per heavy atom. The van der Waals surface area contributed by atoms with Gasteiger partial charge in [0.2, 0.25) is 0 Å². The average Bonchev–Trinajstić information content (AvgIpc) is 1.35. The van der Waals surface area contributed by atoms with Gasteiger partial charge in [0.25, 0.3) is 0 Å². The molecule has 0 saturated carbocycles. The minimum absolute atomic E-state index is 0.0532. The Bertz CT molecular complexity index is 93.1. The Hall–Kier alpha value is -1.17. The highest BCUT2D eigenvalue weighted by Gasteiger charge is 1.66. The highest BCUT2D eigenvalue weighted by Crippen LogP contribution is 1.61. The molecule has 0 amide bonds. The van der Waals surface area contributed by atoms with Crippen molar-refractivity contribution >= 4 is 0 Å². The molecule has 0 aromatic heterocycles. The second-order valence-electron chi connectivity index (χ2n) is 0.773. The molecule has 3 heteroatoms. The highest BCUT2D eigenvalue weighted by molar-refractivity contribution is 5.06. The van der Waals surface area contributed by atoms with Gasteiger partial charge < -0.3 is 11.5 Å². The number of nitriles is 1. The van der Waals surface area contributed by atoms with Crippen LogP contribution in [0.3, 0.4) is 0 Å². The molecule has 0 aliphatic rings. The molecular formula is C3H5N3. The maximum atomic E-state index is 7.75. The van der Waals surface area contributed by atoms with Gasteiger partial charge in [-0.1, -0.05) is 0 Å². The van der Waals surface area contributed by atoms with Crippen molar-refractivity contribution in [3.05, 3.63) is 11.9 Å². The van der Waals surface area contributed by atoms with Gasteiger partial charge in [-0.2, -0.15) is 5.26 Å². The van der Waals surface area contributed by atoms with Gasteiger partial charge in [0, 0.05) is 0 Å². The topological polar surface area (TPSA) is 75.8 Å². The molecule has 0 aromatic rings. The molecule has 6 heavy (non-hydrogen) atoms. The summed E-state index contributed by atoms with van der Waals surface area (Å²) in [5.41, 5.74) is 9.64. The van der Waals surface area contributed by atoms with Crippen LogP contribution in [0.25, 0.3) is 0 Å². The summed E-state index contributed by atoms with van der Waals surface area (Å²) >= 11 is 0. The van der Waals surface area contributed by atoms with E-state index in [-0.39, 0.29) is 5.82 Å². The number of nitrogens with two attached hydrogens (primary N) is 2. The minimum atomic E-state index is 0.0532. The van der Waals surface area contributed by atoms with Gasteiger partial charge in [-0.25, -0.2) is 0 Å². The molecule has 0 fully saturated rings. The fourth-order valence-electron chi connectivity index (χ4n) is 0.0745. The Morgan fingerprint density at radius 1 is 1.67 bits per heavy atom. The third-order valence-corrected chi connectivity index (χ3v) is 0.231. The van der Waals surface area contributed by atoms with Crippen LogP contribution in [0.5, 0.6) is 0 Å². The second-order valence-corrected chi connectivity index (χ2v) is 0.773. The standard InChI is InChI=1S/C3H5N3/c4-2-1-3(5)6/h1H,5-6H2. The smallest absolute Gasteiger partial charge is 0.104 e. The fourth-order valence-corrected chi connectivity index (χ4v) is 0.0745. The number of nitrogens with zero attached hydrogens (tertiary/aromatic N) is 1. The largest absolute Gasteiger partial charge is 0.385 e. The Labute approximate surface area is 35.9 Å². The molecule has 0 saturated heterocycles. The van der Waals surface area contributed by atoms with E-state index in [0.717, 1.165) is 6.08 Å². The Balaban J connectivity index is 3.51. The van der Waals surface area contributed by atoms with Gasteiger partial charge in [-0.3, -0.25) is 0 Å². The van der Waals surface area contributed by atoms with E-state index < -0.39 is 0 Å². The van der Waals surface area contributed by atoms with E-state index in [9.17, 15) is 0 Å². The first kappa shape index (κ1) is 4.83. The zero-order chi connectivity index (χ0) is 4.99. The van der Waals surface area contributed by atoms with E-state index in [4.69, 9.17) is 16.7 Å². The van der Waals surface area contributed by atoms with Crippen LogP contribution < -0.4 is 11.5 Å². The zero-order valence-electron chi connectivity index (χ0n) is 3.18. The molecule has 0 unspecified atom stereocenters. The third kappa shape index (κ3) is 2.83. The first-order valence-electron chi connectivity index (χ1n) is 1.38. The Kier molecular flexibility index (Phi) is 1.68. The van der Waals surface area contributed by atoms with Gasteiger partial charge >= 0.3 is 0 Å². The van der Waals surface area contributed by atoms with Crippen molar-refractivity contribution in [1.29, 1.82) is 5.26 Å². The zero-order valence-corrected chi connectivity index (χ0v) is 3.18. The molecule has 0 spiro atoms. The van der Waals surface area contributed by atoms with E-state index in [1.807, 2.05) is 0 Å². The molecular weight excluding hydrogens is 78.1 g/mol. The average molecular weight is 83.1 g/mol. The molecule has 0 aliphatic carbocycles. The molecule has 4 N–H and O–H groups in total. The molecule has 3 nitrogen and oxygen atoms in total. The lowest BCUT2D eigenvalue weighted by atomic mass is 10.6. The number of hydrogen-bond donors (Lipinski definition) is 2. The maximum Gasteiger partial charge on any atom is 0.104 e. The van der Waals surface area contributed by atoms with E-state index in [1.165, 1.54) is 0 Å². The SMILES string of the molecule is N#CC=C(N)N. The van der Waals surface area contributed by atoms with Crippen molar-refractivity contribution in [2.75, 3.05) is 0 Å². The molecule has 0 atom stereocenters. The van der Waals surface area contributed by atoms with Crippen molar-refractivity contribution in [3.63, 3.8) is 0 Å². The van der Waals surface area contributed by atoms with E-state index >= 15 is 0 Å². The predicted molar refractivity (Wildman–Crippen MR) is 22.1 cm³/mol. The molecule has 32 valence electrons. The maximum absolute atomic E-state index is 7.75. The molecule has 0 aromatic carbocycles. The van der Waals surface area contributed by atoms with Crippen LogP contribution in [0, 0.1) is 11.3 Å². The van der Waals surface area contributed by atoms with Crippen molar-refractivity contribution in [3.8, 4) is 6.07 Å².